The SMILES string of the molecule is COCC(=O)N1Cc2ccnn2C(CC(=O)NCC2CCOCC2)C1. The minimum atomic E-state index is -0.144. The van der Waals surface area contributed by atoms with Crippen molar-refractivity contribution >= 4 is 11.8 Å². The molecule has 1 aromatic heterocycles. The molecule has 0 radical (unpaired) electrons. The molecule has 138 valence electrons. The minimum Gasteiger partial charge on any atom is -0.381 e. The Morgan fingerprint density at radius 2 is 2.20 bits per heavy atom. The number of ether oxygens (including phenoxy) is 2. The molecule has 0 aromatic carbocycles. The zero-order valence-electron chi connectivity index (χ0n) is 14.6. The Bertz CT molecular complexity index is 597. The Balaban J connectivity index is 1.56. The molecular weight excluding hydrogens is 324 g/mol. The van der Waals surface area contributed by atoms with Crippen LogP contribution in [0.2, 0.25) is 0 Å². The Morgan fingerprint density at radius 3 is 2.96 bits per heavy atom. The fourth-order valence-corrected chi connectivity index (χ4v) is 3.44. The molecule has 0 bridgehead atoms. The van der Waals surface area contributed by atoms with E-state index in [2.05, 4.69) is 10.4 Å². The zero-order valence-corrected chi connectivity index (χ0v) is 14.6. The van der Waals surface area contributed by atoms with Crippen molar-refractivity contribution in [2.45, 2.75) is 31.8 Å². The topological polar surface area (TPSA) is 85.7 Å². The van der Waals surface area contributed by atoms with Gasteiger partial charge in [-0.1, -0.05) is 0 Å². The van der Waals surface area contributed by atoms with Crippen molar-refractivity contribution < 1.29 is 19.1 Å². The van der Waals surface area contributed by atoms with Gasteiger partial charge in [-0.25, -0.2) is 0 Å². The van der Waals surface area contributed by atoms with Crippen molar-refractivity contribution in [1.82, 2.24) is 20.0 Å². The van der Waals surface area contributed by atoms with Crippen LogP contribution in [0.15, 0.2) is 12.3 Å². The summed E-state index contributed by atoms with van der Waals surface area (Å²) in [4.78, 5) is 26.3. The van der Waals surface area contributed by atoms with Crippen molar-refractivity contribution in [3.05, 3.63) is 18.0 Å². The summed E-state index contributed by atoms with van der Waals surface area (Å²) in [5, 5.41) is 7.36. The smallest absolute Gasteiger partial charge is 0.248 e. The quantitative estimate of drug-likeness (QED) is 0.800. The van der Waals surface area contributed by atoms with E-state index in [0.717, 1.165) is 31.7 Å². The van der Waals surface area contributed by atoms with Crippen LogP contribution in [-0.2, 0) is 25.6 Å². The molecule has 1 atom stereocenters. The Morgan fingerprint density at radius 1 is 1.40 bits per heavy atom. The van der Waals surface area contributed by atoms with E-state index in [4.69, 9.17) is 9.47 Å². The van der Waals surface area contributed by atoms with Crippen LogP contribution in [0, 0.1) is 5.92 Å². The fraction of sp³-hybridized carbons (Fsp3) is 0.706. The van der Waals surface area contributed by atoms with Crippen LogP contribution in [0.4, 0.5) is 0 Å². The highest BCUT2D eigenvalue weighted by Crippen LogP contribution is 2.23. The number of carbonyl (C=O) groups excluding carboxylic acids is 2. The number of rotatable bonds is 6. The van der Waals surface area contributed by atoms with Crippen LogP contribution >= 0.6 is 0 Å². The van der Waals surface area contributed by atoms with Crippen LogP contribution in [0.3, 0.4) is 0 Å². The van der Waals surface area contributed by atoms with E-state index in [0.29, 0.717) is 32.0 Å². The van der Waals surface area contributed by atoms with E-state index >= 15 is 0 Å². The first-order chi connectivity index (χ1) is 12.2. The number of hydrogen-bond acceptors (Lipinski definition) is 5. The van der Waals surface area contributed by atoms with E-state index in [9.17, 15) is 9.59 Å². The third-order valence-corrected chi connectivity index (χ3v) is 4.85. The van der Waals surface area contributed by atoms with Crippen molar-refractivity contribution in [2.24, 2.45) is 5.92 Å². The molecule has 2 aliphatic heterocycles. The Labute approximate surface area is 147 Å². The average molecular weight is 350 g/mol. The molecular formula is C17H26N4O4. The number of nitrogens with zero attached hydrogens (tertiary/aromatic N) is 3. The van der Waals surface area contributed by atoms with Crippen LogP contribution in [0.25, 0.3) is 0 Å². The molecule has 1 fully saturated rings. The van der Waals surface area contributed by atoms with Gasteiger partial charge in [-0.2, -0.15) is 5.10 Å². The predicted molar refractivity (Wildman–Crippen MR) is 89.7 cm³/mol. The second-order valence-corrected chi connectivity index (χ2v) is 6.69. The lowest BCUT2D eigenvalue weighted by Crippen LogP contribution is -2.44. The lowest BCUT2D eigenvalue weighted by Gasteiger charge is -2.33. The monoisotopic (exact) mass is 350 g/mol. The van der Waals surface area contributed by atoms with Crippen LogP contribution in [-0.4, -0.2) is 66.5 Å². The Kier molecular flexibility index (Phi) is 6.04. The summed E-state index contributed by atoms with van der Waals surface area (Å²) in [5.74, 6) is 0.422. The highest BCUT2D eigenvalue weighted by atomic mass is 16.5. The van der Waals surface area contributed by atoms with E-state index < -0.39 is 0 Å². The molecule has 8 heteroatoms. The van der Waals surface area contributed by atoms with Crippen molar-refractivity contribution in [1.29, 1.82) is 0 Å². The van der Waals surface area contributed by atoms with Crippen molar-refractivity contribution in [3.8, 4) is 0 Å². The van der Waals surface area contributed by atoms with Gasteiger partial charge in [0.25, 0.3) is 0 Å². The van der Waals surface area contributed by atoms with Crippen LogP contribution < -0.4 is 5.32 Å². The van der Waals surface area contributed by atoms with Gasteiger partial charge < -0.3 is 19.7 Å². The minimum absolute atomic E-state index is 0.000942. The van der Waals surface area contributed by atoms with Gasteiger partial charge in [-0.15, -0.1) is 0 Å². The van der Waals surface area contributed by atoms with Gasteiger partial charge >= 0.3 is 0 Å². The van der Waals surface area contributed by atoms with Gasteiger partial charge in [-0.3, -0.25) is 14.3 Å². The van der Waals surface area contributed by atoms with Crippen LogP contribution in [0.5, 0.6) is 0 Å². The molecule has 0 saturated carbocycles. The first-order valence-electron chi connectivity index (χ1n) is 8.81. The molecule has 1 aromatic rings. The second-order valence-electron chi connectivity index (χ2n) is 6.69. The summed E-state index contributed by atoms with van der Waals surface area (Å²) in [6.07, 6.45) is 4.01. The molecule has 1 unspecified atom stereocenters. The standard InChI is InChI=1S/C17H26N4O4/c1-24-12-17(23)20-10-14-2-5-19-21(14)15(11-20)8-16(22)18-9-13-3-6-25-7-4-13/h2,5,13,15H,3-4,6-12H2,1H3,(H,18,22). The molecule has 0 spiro atoms. The summed E-state index contributed by atoms with van der Waals surface area (Å²) >= 11 is 0. The highest BCUT2D eigenvalue weighted by Gasteiger charge is 2.30. The Hall–Kier alpha value is -1.93. The lowest BCUT2D eigenvalue weighted by atomic mass is 10.0. The molecule has 1 saturated heterocycles. The maximum atomic E-state index is 12.4. The third kappa shape index (κ3) is 4.58. The van der Waals surface area contributed by atoms with E-state index in [1.165, 1.54) is 7.11 Å². The van der Waals surface area contributed by atoms with E-state index in [-0.39, 0.29) is 24.5 Å². The third-order valence-electron chi connectivity index (χ3n) is 4.85. The highest BCUT2D eigenvalue weighted by molar-refractivity contribution is 5.78. The van der Waals surface area contributed by atoms with E-state index in [1.807, 2.05) is 10.7 Å². The van der Waals surface area contributed by atoms with Gasteiger partial charge in [0, 0.05) is 39.6 Å². The summed E-state index contributed by atoms with van der Waals surface area (Å²) in [5.41, 5.74) is 0.943. The average Bonchev–Trinajstić information content (AvgIpc) is 3.10. The summed E-state index contributed by atoms with van der Waals surface area (Å²) in [7, 11) is 1.51. The molecule has 2 aliphatic rings. The molecule has 2 amide bonds. The molecule has 8 nitrogen and oxygen atoms in total. The largest absolute Gasteiger partial charge is 0.381 e. The number of nitrogens with one attached hydrogen (secondary N) is 1. The van der Waals surface area contributed by atoms with Crippen molar-refractivity contribution in [3.63, 3.8) is 0 Å². The second kappa shape index (κ2) is 8.44. The number of carbonyl (C=O) groups is 2. The van der Waals surface area contributed by atoms with Gasteiger partial charge in [0.2, 0.25) is 11.8 Å². The van der Waals surface area contributed by atoms with Gasteiger partial charge in [0.1, 0.15) is 6.61 Å². The molecule has 0 aliphatic carbocycles. The van der Waals surface area contributed by atoms with Gasteiger partial charge in [0.15, 0.2) is 0 Å². The van der Waals surface area contributed by atoms with Gasteiger partial charge in [0.05, 0.1) is 24.7 Å². The molecule has 1 N–H and O–H groups in total. The maximum Gasteiger partial charge on any atom is 0.248 e. The lowest BCUT2D eigenvalue weighted by molar-refractivity contribution is -0.138. The number of aromatic nitrogens is 2. The first-order valence-corrected chi connectivity index (χ1v) is 8.81. The van der Waals surface area contributed by atoms with Gasteiger partial charge in [-0.05, 0) is 24.8 Å². The fourth-order valence-electron chi connectivity index (χ4n) is 3.44. The van der Waals surface area contributed by atoms with Crippen molar-refractivity contribution in [2.75, 3.05) is 40.0 Å². The number of fused-ring (bicyclic) bond motifs is 1. The first kappa shape index (κ1) is 17.9. The molecule has 3 heterocycles. The summed E-state index contributed by atoms with van der Waals surface area (Å²) in [6, 6.07) is 1.74. The maximum absolute atomic E-state index is 12.4. The number of methoxy groups -OCH3 is 1. The summed E-state index contributed by atoms with van der Waals surface area (Å²) in [6.45, 7) is 3.26. The molecule has 3 rings (SSSR count). The number of amides is 2. The van der Waals surface area contributed by atoms with Crippen LogP contribution in [0.1, 0.15) is 31.0 Å². The summed E-state index contributed by atoms with van der Waals surface area (Å²) < 4.78 is 12.2. The number of hydrogen-bond donors (Lipinski definition) is 1. The normalized spacial score (nSPS) is 21.0. The zero-order chi connectivity index (χ0) is 17.6. The van der Waals surface area contributed by atoms with E-state index in [1.54, 1.807) is 11.1 Å². The predicted octanol–water partition coefficient (Wildman–Crippen LogP) is 0.346. The molecule has 25 heavy (non-hydrogen) atoms.